The van der Waals surface area contributed by atoms with Gasteiger partial charge in [-0.05, 0) is 31.0 Å². The van der Waals surface area contributed by atoms with E-state index in [4.69, 9.17) is 5.80 Å². The standard InChI is InChI=1S/C10H22O2Si/c1-10(2,3)13(4,5)12-9-6-8(11)7-9/h8-9,11H,6-7H2,1-5H3/i8D. The Hall–Kier alpha value is 0.137. The molecule has 78 valence electrons. The van der Waals surface area contributed by atoms with Gasteiger partial charge in [0.2, 0.25) is 0 Å². The van der Waals surface area contributed by atoms with Crippen molar-refractivity contribution < 1.29 is 10.9 Å². The van der Waals surface area contributed by atoms with Gasteiger partial charge in [-0.2, -0.15) is 0 Å². The van der Waals surface area contributed by atoms with E-state index < -0.39 is 14.4 Å². The van der Waals surface area contributed by atoms with Gasteiger partial charge < -0.3 is 9.53 Å². The van der Waals surface area contributed by atoms with Crippen LogP contribution >= 0.6 is 0 Å². The van der Waals surface area contributed by atoms with Crippen LogP contribution in [0.4, 0.5) is 0 Å². The molecule has 0 aliphatic heterocycles. The van der Waals surface area contributed by atoms with E-state index in [1.807, 2.05) is 0 Å². The Labute approximate surface area is 83.8 Å². The van der Waals surface area contributed by atoms with Gasteiger partial charge in [0.1, 0.15) is 0 Å². The second-order valence-corrected chi connectivity index (χ2v) is 10.2. The van der Waals surface area contributed by atoms with Crippen molar-refractivity contribution in [3.63, 3.8) is 0 Å². The van der Waals surface area contributed by atoms with Crippen molar-refractivity contribution in [2.45, 2.75) is 63.9 Å². The normalized spacial score (nSPS) is 36.8. The van der Waals surface area contributed by atoms with E-state index in [0.29, 0.717) is 12.8 Å². The molecule has 0 saturated heterocycles. The first-order valence-corrected chi connectivity index (χ1v) is 7.85. The van der Waals surface area contributed by atoms with Crippen molar-refractivity contribution in [3.05, 3.63) is 0 Å². The van der Waals surface area contributed by atoms with Gasteiger partial charge in [-0.1, -0.05) is 20.8 Å². The van der Waals surface area contributed by atoms with Gasteiger partial charge in [0, 0.05) is 6.10 Å². The zero-order valence-corrected chi connectivity index (χ0v) is 10.3. The van der Waals surface area contributed by atoms with Crippen molar-refractivity contribution >= 4 is 8.32 Å². The monoisotopic (exact) mass is 203 g/mol. The molecule has 13 heavy (non-hydrogen) atoms. The van der Waals surface area contributed by atoms with Gasteiger partial charge in [-0.3, -0.25) is 0 Å². The molecule has 0 aromatic carbocycles. The smallest absolute Gasteiger partial charge is 0.192 e. The zero-order chi connectivity index (χ0) is 11.2. The minimum atomic E-state index is -1.69. The van der Waals surface area contributed by atoms with Gasteiger partial charge in [0.05, 0.1) is 7.45 Å². The molecule has 1 rings (SSSR count). The first kappa shape index (κ1) is 9.68. The maximum Gasteiger partial charge on any atom is 0.192 e. The lowest BCUT2D eigenvalue weighted by Crippen LogP contribution is -2.48. The summed E-state index contributed by atoms with van der Waals surface area (Å²) in [5.41, 5.74) is 0. The molecule has 0 spiro atoms. The first-order chi connectivity index (χ1) is 6.04. The number of hydrogen-bond donors (Lipinski definition) is 1. The molecule has 1 fully saturated rings. The Morgan fingerprint density at radius 1 is 1.38 bits per heavy atom. The van der Waals surface area contributed by atoms with Gasteiger partial charge >= 0.3 is 0 Å². The summed E-state index contributed by atoms with van der Waals surface area (Å²) in [5, 5.41) is 9.50. The molecule has 0 heterocycles. The van der Waals surface area contributed by atoms with Crippen molar-refractivity contribution in [3.8, 4) is 0 Å². The fourth-order valence-electron chi connectivity index (χ4n) is 1.14. The maximum absolute atomic E-state index is 9.29. The molecule has 1 aliphatic rings. The lowest BCUT2D eigenvalue weighted by Gasteiger charge is -2.43. The Bertz CT molecular complexity index is 213. The molecule has 0 bridgehead atoms. The SMILES string of the molecule is [2H]C1(O)CC(O[Si](C)(C)C(C)(C)C)C1. The minimum Gasteiger partial charge on any atom is -0.414 e. The summed E-state index contributed by atoms with van der Waals surface area (Å²) in [6, 6.07) is 0. The lowest BCUT2D eigenvalue weighted by atomic mass is 9.93. The van der Waals surface area contributed by atoms with Crippen LogP contribution in [0.5, 0.6) is 0 Å². The summed E-state index contributed by atoms with van der Waals surface area (Å²) >= 11 is 0. The number of aliphatic hydroxyl groups is 1. The largest absolute Gasteiger partial charge is 0.414 e. The molecule has 0 atom stereocenters. The van der Waals surface area contributed by atoms with E-state index in [-0.39, 0.29) is 11.1 Å². The highest BCUT2D eigenvalue weighted by Crippen LogP contribution is 2.39. The van der Waals surface area contributed by atoms with Crippen molar-refractivity contribution in [1.82, 2.24) is 0 Å². The molecular formula is C10H22O2Si. The van der Waals surface area contributed by atoms with Gasteiger partial charge in [-0.15, -0.1) is 0 Å². The second kappa shape index (κ2) is 3.37. The Morgan fingerprint density at radius 3 is 2.15 bits per heavy atom. The van der Waals surface area contributed by atoms with Crippen LogP contribution in [0.25, 0.3) is 0 Å². The van der Waals surface area contributed by atoms with Crippen LogP contribution < -0.4 is 0 Å². The molecule has 1 N–H and O–H groups in total. The molecule has 3 heteroatoms. The highest BCUT2D eigenvalue weighted by molar-refractivity contribution is 6.74. The van der Waals surface area contributed by atoms with E-state index in [9.17, 15) is 5.11 Å². The van der Waals surface area contributed by atoms with E-state index in [1.165, 1.54) is 0 Å². The van der Waals surface area contributed by atoms with E-state index in [0.717, 1.165) is 0 Å². The maximum atomic E-state index is 9.29. The predicted octanol–water partition coefficient (Wildman–Crippen LogP) is 2.53. The molecule has 0 amide bonds. The summed E-state index contributed by atoms with van der Waals surface area (Å²) in [5.74, 6) is 0. The third kappa shape index (κ3) is 2.54. The Morgan fingerprint density at radius 2 is 1.85 bits per heavy atom. The topological polar surface area (TPSA) is 29.5 Å². The van der Waals surface area contributed by atoms with Crippen LogP contribution in [0.1, 0.15) is 35.0 Å². The van der Waals surface area contributed by atoms with Crippen LogP contribution in [-0.4, -0.2) is 25.6 Å². The fraction of sp³-hybridized carbons (Fsp3) is 1.00. The summed E-state index contributed by atoms with van der Waals surface area (Å²) in [7, 11) is -1.69. The quantitative estimate of drug-likeness (QED) is 0.699. The lowest BCUT2D eigenvalue weighted by molar-refractivity contribution is -0.0177. The van der Waals surface area contributed by atoms with E-state index in [1.54, 1.807) is 0 Å². The average molecular weight is 203 g/mol. The highest BCUT2D eigenvalue weighted by Gasteiger charge is 2.41. The fourth-order valence-corrected chi connectivity index (χ4v) is 2.50. The molecule has 0 unspecified atom stereocenters. The molecule has 1 aliphatic carbocycles. The van der Waals surface area contributed by atoms with Crippen LogP contribution in [0.3, 0.4) is 0 Å². The molecule has 0 aromatic rings. The van der Waals surface area contributed by atoms with Gasteiger partial charge in [0.25, 0.3) is 0 Å². The molecule has 2 nitrogen and oxygen atoms in total. The predicted molar refractivity (Wildman–Crippen MR) is 57.3 cm³/mol. The summed E-state index contributed by atoms with van der Waals surface area (Å²) in [4.78, 5) is 0. The summed E-state index contributed by atoms with van der Waals surface area (Å²) in [6.07, 6.45) is -0.162. The highest BCUT2D eigenvalue weighted by atomic mass is 28.4. The third-order valence-corrected chi connectivity index (χ3v) is 7.73. The molecule has 0 radical (unpaired) electrons. The van der Waals surface area contributed by atoms with Gasteiger partial charge in [0.15, 0.2) is 8.32 Å². The molecule has 1 saturated carbocycles. The average Bonchev–Trinajstić information content (AvgIpc) is 1.78. The Balaban J connectivity index is 2.46. The molecular weight excluding hydrogens is 180 g/mol. The number of rotatable bonds is 2. The summed E-state index contributed by atoms with van der Waals surface area (Å²) < 4.78 is 13.4. The Kier molecular flexibility index (Phi) is 2.51. The van der Waals surface area contributed by atoms with Crippen molar-refractivity contribution in [2.75, 3.05) is 0 Å². The van der Waals surface area contributed by atoms with E-state index in [2.05, 4.69) is 33.9 Å². The van der Waals surface area contributed by atoms with Crippen molar-refractivity contribution in [2.24, 2.45) is 0 Å². The first-order valence-electron chi connectivity index (χ1n) is 5.44. The van der Waals surface area contributed by atoms with Crippen LogP contribution in [0, 0.1) is 0 Å². The minimum absolute atomic E-state index is 0.110. The molecule has 0 aromatic heterocycles. The summed E-state index contributed by atoms with van der Waals surface area (Å²) in [6.45, 7) is 11.0. The second-order valence-electron chi connectivity index (χ2n) is 5.47. The number of hydrogen-bond acceptors (Lipinski definition) is 2. The van der Waals surface area contributed by atoms with Crippen molar-refractivity contribution in [1.29, 1.82) is 0 Å². The van der Waals surface area contributed by atoms with E-state index >= 15 is 0 Å². The zero-order valence-electron chi connectivity index (χ0n) is 10.3. The third-order valence-electron chi connectivity index (χ3n) is 3.19. The van der Waals surface area contributed by atoms with Gasteiger partial charge in [-0.25, -0.2) is 0 Å². The van der Waals surface area contributed by atoms with Crippen LogP contribution in [0.2, 0.25) is 18.1 Å². The van der Waals surface area contributed by atoms with Crippen LogP contribution in [0.15, 0.2) is 0 Å². The van der Waals surface area contributed by atoms with Crippen LogP contribution in [-0.2, 0) is 4.43 Å².